The fraction of sp³-hybridized carbons (Fsp3) is 0.143. The van der Waals surface area contributed by atoms with Crippen molar-refractivity contribution in [2.75, 3.05) is 7.11 Å². The number of imide groups is 1. The highest BCUT2D eigenvalue weighted by Gasteiger charge is 2.15. The number of ether oxygens (including phenoxy) is 1. The second-order valence-electron chi connectivity index (χ2n) is 4.67. The van der Waals surface area contributed by atoms with Crippen molar-refractivity contribution in [3.8, 4) is 17.0 Å². The number of methoxy groups -OCH3 is 1. The number of aromatic amines is 1. The van der Waals surface area contributed by atoms with Crippen LogP contribution in [0.25, 0.3) is 11.3 Å². The maximum absolute atomic E-state index is 11.8. The lowest BCUT2D eigenvalue weighted by atomic mass is 10.1. The van der Waals surface area contributed by atoms with Crippen molar-refractivity contribution in [1.29, 1.82) is 0 Å². The Morgan fingerprint density at radius 1 is 1.42 bits per heavy atom. The van der Waals surface area contributed by atoms with Crippen LogP contribution in [-0.2, 0) is 11.3 Å². The smallest absolute Gasteiger partial charge is 0.318 e. The van der Waals surface area contributed by atoms with Crippen LogP contribution in [0.2, 0.25) is 5.02 Å². The largest absolute Gasteiger partial charge is 0.496 e. The van der Waals surface area contributed by atoms with E-state index in [1.165, 1.54) is 17.7 Å². The van der Waals surface area contributed by atoms with Crippen molar-refractivity contribution in [1.82, 2.24) is 14.9 Å². The van der Waals surface area contributed by atoms with Gasteiger partial charge in [0.1, 0.15) is 12.3 Å². The van der Waals surface area contributed by atoms with Crippen LogP contribution in [0.3, 0.4) is 0 Å². The Morgan fingerprint density at radius 3 is 2.75 bits per heavy atom. The molecule has 126 valence electrons. The molecule has 0 aliphatic heterocycles. The molecule has 0 saturated heterocycles. The maximum Gasteiger partial charge on any atom is 0.318 e. The van der Waals surface area contributed by atoms with Gasteiger partial charge >= 0.3 is 6.03 Å². The number of hydrogen-bond acceptors (Lipinski definition) is 5. The molecule has 0 fully saturated rings. The van der Waals surface area contributed by atoms with E-state index in [4.69, 9.17) is 34.3 Å². The standard InChI is InChI=1S/C14H13ClN4O4S/c1-23-10-3-2-7(15)4-8(10)9-5-11(20)18-14(24)19(9)6-12(21)17-13(16)22/h2-5H,6H2,1H3,(H,18,20,24)(H3,16,17,21,22). The van der Waals surface area contributed by atoms with Crippen molar-refractivity contribution in [2.45, 2.75) is 6.54 Å². The second-order valence-corrected chi connectivity index (χ2v) is 5.49. The number of urea groups is 1. The Balaban J connectivity index is 2.64. The van der Waals surface area contributed by atoms with Gasteiger partial charge in [-0.25, -0.2) is 4.79 Å². The van der Waals surface area contributed by atoms with Gasteiger partial charge in [0, 0.05) is 16.7 Å². The average molecular weight is 369 g/mol. The quantitative estimate of drug-likeness (QED) is 0.705. The van der Waals surface area contributed by atoms with Crippen LogP contribution in [0.1, 0.15) is 0 Å². The van der Waals surface area contributed by atoms with E-state index in [9.17, 15) is 14.4 Å². The monoisotopic (exact) mass is 368 g/mol. The highest BCUT2D eigenvalue weighted by Crippen LogP contribution is 2.31. The molecular formula is C14H13ClN4O4S. The summed E-state index contributed by atoms with van der Waals surface area (Å²) in [5.74, 6) is -0.253. The van der Waals surface area contributed by atoms with Gasteiger partial charge in [0.05, 0.1) is 12.8 Å². The lowest BCUT2D eigenvalue weighted by molar-refractivity contribution is -0.120. The Hall–Kier alpha value is -2.65. The van der Waals surface area contributed by atoms with E-state index in [1.807, 2.05) is 5.32 Å². The summed E-state index contributed by atoms with van der Waals surface area (Å²) in [6, 6.07) is 5.08. The molecule has 24 heavy (non-hydrogen) atoms. The highest BCUT2D eigenvalue weighted by atomic mass is 35.5. The molecule has 0 saturated carbocycles. The summed E-state index contributed by atoms with van der Waals surface area (Å²) in [6.45, 7) is -0.330. The van der Waals surface area contributed by atoms with E-state index >= 15 is 0 Å². The van der Waals surface area contributed by atoms with E-state index in [1.54, 1.807) is 18.2 Å². The number of nitrogens with one attached hydrogen (secondary N) is 2. The third kappa shape index (κ3) is 4.00. The second kappa shape index (κ2) is 7.28. The molecule has 0 aliphatic carbocycles. The molecule has 0 radical (unpaired) electrons. The highest BCUT2D eigenvalue weighted by molar-refractivity contribution is 7.71. The summed E-state index contributed by atoms with van der Waals surface area (Å²) in [5.41, 5.74) is 5.24. The fourth-order valence-corrected chi connectivity index (χ4v) is 2.54. The van der Waals surface area contributed by atoms with Crippen molar-refractivity contribution >= 4 is 35.8 Å². The molecule has 1 aromatic heterocycles. The number of primary amides is 1. The number of carbonyl (C=O) groups is 2. The third-order valence-electron chi connectivity index (χ3n) is 3.04. The number of rotatable bonds is 4. The molecule has 4 N–H and O–H groups in total. The number of aromatic nitrogens is 2. The lowest BCUT2D eigenvalue weighted by Gasteiger charge is -2.15. The van der Waals surface area contributed by atoms with Gasteiger partial charge in [-0.1, -0.05) is 11.6 Å². The van der Waals surface area contributed by atoms with Crippen LogP contribution >= 0.6 is 23.8 Å². The molecule has 3 amide bonds. The summed E-state index contributed by atoms with van der Waals surface area (Å²) in [7, 11) is 1.46. The summed E-state index contributed by atoms with van der Waals surface area (Å²) >= 11 is 11.1. The molecule has 10 heteroatoms. The first-order valence-electron chi connectivity index (χ1n) is 6.59. The minimum absolute atomic E-state index is 0.000788. The van der Waals surface area contributed by atoms with Gasteiger partial charge in [-0.3, -0.25) is 19.9 Å². The van der Waals surface area contributed by atoms with E-state index in [0.717, 1.165) is 0 Å². The molecule has 8 nitrogen and oxygen atoms in total. The molecule has 0 atom stereocenters. The third-order valence-corrected chi connectivity index (χ3v) is 3.59. The van der Waals surface area contributed by atoms with Crippen LogP contribution in [0.4, 0.5) is 4.79 Å². The van der Waals surface area contributed by atoms with E-state index < -0.39 is 17.5 Å². The summed E-state index contributed by atoms with van der Waals surface area (Å²) in [5, 5.41) is 2.34. The van der Waals surface area contributed by atoms with Crippen LogP contribution in [0, 0.1) is 4.77 Å². The number of carbonyl (C=O) groups excluding carboxylic acids is 2. The first-order chi connectivity index (χ1) is 11.3. The summed E-state index contributed by atoms with van der Waals surface area (Å²) < 4.78 is 6.60. The minimum Gasteiger partial charge on any atom is -0.496 e. The average Bonchev–Trinajstić information content (AvgIpc) is 2.49. The van der Waals surface area contributed by atoms with Crippen molar-refractivity contribution in [2.24, 2.45) is 5.73 Å². The van der Waals surface area contributed by atoms with Gasteiger partial charge in [0.2, 0.25) is 5.91 Å². The summed E-state index contributed by atoms with van der Waals surface area (Å²) in [6.07, 6.45) is 0. The Bertz CT molecular complexity index is 922. The molecule has 1 aromatic carbocycles. The van der Waals surface area contributed by atoms with Crippen molar-refractivity contribution in [3.63, 3.8) is 0 Å². The number of nitrogens with zero attached hydrogens (tertiary/aromatic N) is 1. The molecule has 1 heterocycles. The Kier molecular flexibility index (Phi) is 5.37. The number of hydrogen-bond donors (Lipinski definition) is 3. The summed E-state index contributed by atoms with van der Waals surface area (Å²) in [4.78, 5) is 36.8. The first-order valence-corrected chi connectivity index (χ1v) is 7.38. The van der Waals surface area contributed by atoms with Crippen molar-refractivity contribution < 1.29 is 14.3 Å². The van der Waals surface area contributed by atoms with E-state index in [-0.39, 0.29) is 11.3 Å². The van der Waals surface area contributed by atoms with Crippen LogP contribution in [0.15, 0.2) is 29.1 Å². The SMILES string of the molecule is COc1ccc(Cl)cc1-c1cc(=O)[nH]c(=S)n1CC(=O)NC(N)=O. The zero-order chi connectivity index (χ0) is 17.9. The molecule has 2 rings (SSSR count). The Labute approximate surface area is 146 Å². The van der Waals surface area contributed by atoms with Crippen LogP contribution in [0.5, 0.6) is 5.75 Å². The van der Waals surface area contributed by atoms with Gasteiger partial charge in [0.25, 0.3) is 5.56 Å². The molecular weight excluding hydrogens is 356 g/mol. The normalized spacial score (nSPS) is 10.2. The van der Waals surface area contributed by atoms with Gasteiger partial charge in [-0.15, -0.1) is 0 Å². The molecule has 0 aliphatic rings. The topological polar surface area (TPSA) is 119 Å². The van der Waals surface area contributed by atoms with Gasteiger partial charge in [-0.2, -0.15) is 0 Å². The first kappa shape index (κ1) is 17.7. The number of benzene rings is 1. The minimum atomic E-state index is -0.988. The molecule has 0 bridgehead atoms. The predicted molar refractivity (Wildman–Crippen MR) is 90.6 cm³/mol. The number of nitrogens with two attached hydrogens (primary N) is 1. The zero-order valence-corrected chi connectivity index (χ0v) is 14.0. The number of amides is 3. The Morgan fingerprint density at radius 2 is 2.12 bits per heavy atom. The van der Waals surface area contributed by atoms with Gasteiger partial charge in [-0.05, 0) is 30.4 Å². The number of halogens is 1. The van der Waals surface area contributed by atoms with E-state index in [0.29, 0.717) is 22.0 Å². The number of H-pyrrole nitrogens is 1. The zero-order valence-electron chi connectivity index (χ0n) is 12.5. The lowest BCUT2D eigenvalue weighted by Crippen LogP contribution is -2.37. The van der Waals surface area contributed by atoms with E-state index in [2.05, 4.69) is 4.98 Å². The van der Waals surface area contributed by atoms with Gasteiger partial charge < -0.3 is 15.0 Å². The van der Waals surface area contributed by atoms with Crippen molar-refractivity contribution in [3.05, 3.63) is 44.4 Å². The maximum atomic E-state index is 11.8. The fourth-order valence-electron chi connectivity index (χ4n) is 2.10. The molecule has 2 aromatic rings. The molecule has 0 spiro atoms. The van der Waals surface area contributed by atoms with Crippen LogP contribution in [-0.4, -0.2) is 28.6 Å². The van der Waals surface area contributed by atoms with Gasteiger partial charge in [0.15, 0.2) is 4.77 Å². The molecule has 0 unspecified atom stereocenters. The van der Waals surface area contributed by atoms with Crippen LogP contribution < -0.4 is 21.3 Å². The predicted octanol–water partition coefficient (Wildman–Crippen LogP) is 1.43.